The summed E-state index contributed by atoms with van der Waals surface area (Å²) in [5.41, 5.74) is 8.83. The predicted molar refractivity (Wildman–Crippen MR) is 208 cm³/mol. The molecule has 0 amide bonds. The van der Waals surface area contributed by atoms with Crippen LogP contribution in [0.2, 0.25) is 0 Å². The molecule has 0 spiro atoms. The lowest BCUT2D eigenvalue weighted by Gasteiger charge is -2.18. The van der Waals surface area contributed by atoms with Crippen LogP contribution in [0.4, 0.5) is 0 Å². The van der Waals surface area contributed by atoms with Crippen molar-refractivity contribution in [1.29, 1.82) is 0 Å². The van der Waals surface area contributed by atoms with Gasteiger partial charge in [0, 0.05) is 10.8 Å². The van der Waals surface area contributed by atoms with Crippen LogP contribution in [0.5, 0.6) is 0 Å². The van der Waals surface area contributed by atoms with Gasteiger partial charge < -0.3 is 4.42 Å². The summed E-state index contributed by atoms with van der Waals surface area (Å²) >= 11 is 0. The van der Waals surface area contributed by atoms with E-state index < -0.39 is 6.04 Å². The molecule has 0 aliphatic carbocycles. The second-order valence-electron chi connectivity index (χ2n) is 12.4. The van der Waals surface area contributed by atoms with Crippen LogP contribution in [0, 0.1) is 0 Å². The van der Waals surface area contributed by atoms with Crippen molar-refractivity contribution in [2.45, 2.75) is 0 Å². The molecule has 0 bridgehead atoms. The zero-order valence-corrected chi connectivity index (χ0v) is 26.3. The summed E-state index contributed by atoms with van der Waals surface area (Å²) in [5, 5.41) is 8.64. The van der Waals surface area contributed by atoms with E-state index >= 15 is 0 Å². The lowest BCUT2D eigenvalue weighted by atomic mass is 9.84. The third-order valence-corrected chi connectivity index (χ3v) is 9.76. The maximum absolute atomic E-state index is 8.65. The molecular weight excluding hydrogens is 593 g/mol. The maximum Gasteiger partial charge on any atom is 0.136 e. The van der Waals surface area contributed by atoms with Gasteiger partial charge in [0.05, 0.1) is 6.85 Å². The van der Waals surface area contributed by atoms with Gasteiger partial charge in [-0.05, 0) is 95.0 Å². The minimum absolute atomic E-state index is 0.168. The van der Waals surface area contributed by atoms with E-state index in [4.69, 9.17) is 11.3 Å². The van der Waals surface area contributed by atoms with E-state index in [1.807, 2.05) is 24.3 Å². The Hall–Kier alpha value is -6.44. The van der Waals surface area contributed by atoms with Crippen LogP contribution in [0.15, 0.2) is 186 Å². The molecule has 0 aliphatic rings. The first kappa shape index (κ1) is 23.0. The van der Waals surface area contributed by atoms with Crippen LogP contribution in [-0.2, 0) is 0 Å². The Morgan fingerprint density at radius 2 is 0.939 bits per heavy atom. The van der Waals surface area contributed by atoms with Gasteiger partial charge in [0.15, 0.2) is 0 Å². The fourth-order valence-corrected chi connectivity index (χ4v) is 7.61. The van der Waals surface area contributed by atoms with Crippen molar-refractivity contribution in [3.63, 3.8) is 0 Å². The van der Waals surface area contributed by atoms with E-state index in [1.54, 1.807) is 6.07 Å². The molecule has 10 aromatic rings. The lowest BCUT2D eigenvalue weighted by molar-refractivity contribution is 0.669. The highest BCUT2D eigenvalue weighted by Gasteiger charge is 2.20. The summed E-state index contributed by atoms with van der Waals surface area (Å²) in [5.74, 6) is 0. The first-order chi connectivity index (χ1) is 26.4. The summed E-state index contributed by atoms with van der Waals surface area (Å²) < 4.78 is 48.4. The Bertz CT molecular complexity index is 3070. The van der Waals surface area contributed by atoms with Gasteiger partial charge in [-0.3, -0.25) is 0 Å². The van der Waals surface area contributed by atoms with Crippen LogP contribution in [0.1, 0.15) is 6.85 Å². The molecular formula is C48H30O. The second-order valence-corrected chi connectivity index (χ2v) is 12.4. The number of hydrogen-bond donors (Lipinski definition) is 0. The molecule has 0 atom stereocenters. The second kappa shape index (κ2) is 11.1. The SMILES string of the molecule is [2H]c1c([2H])c([2H])c(-c2ccc3oc4cccc(-c5c6ccccc6c(-c6ccc(-c7cccc8ccccc78)cc6)c6ccccc56)c4c3c2)c([2H])c1[2H]. The van der Waals surface area contributed by atoms with Gasteiger partial charge in [0.1, 0.15) is 11.2 Å². The standard InChI is InChI=1S/C48H30O/c1-2-12-31(13-3-1)35-28-29-44-43(30-35)48-42(22-11-23-45(48)49-44)47-40-19-8-6-17-38(40)46(39-18-7-9-20-41(39)47)34-26-24-33(25-27-34)37-21-10-15-32-14-4-5-16-36(32)37/h1-30H/i1D,2D,3D,12D,13D. The summed E-state index contributed by atoms with van der Waals surface area (Å²) in [6, 6.07) is 51.0. The molecule has 0 saturated carbocycles. The molecule has 0 radical (unpaired) electrons. The van der Waals surface area contributed by atoms with Crippen LogP contribution < -0.4 is 0 Å². The fourth-order valence-electron chi connectivity index (χ4n) is 7.61. The monoisotopic (exact) mass is 627 g/mol. The van der Waals surface area contributed by atoms with Crippen molar-refractivity contribution in [2.75, 3.05) is 0 Å². The molecule has 9 aromatic carbocycles. The normalized spacial score (nSPS) is 13.1. The van der Waals surface area contributed by atoms with Crippen molar-refractivity contribution in [1.82, 2.24) is 0 Å². The maximum atomic E-state index is 8.65. The van der Waals surface area contributed by atoms with Gasteiger partial charge in [0.2, 0.25) is 0 Å². The number of benzene rings is 9. The quantitative estimate of drug-likeness (QED) is 0.177. The summed E-state index contributed by atoms with van der Waals surface area (Å²) in [7, 11) is 0. The molecule has 1 heterocycles. The fraction of sp³-hybridized carbons (Fsp3) is 0. The topological polar surface area (TPSA) is 13.1 Å². The van der Waals surface area contributed by atoms with E-state index in [0.29, 0.717) is 16.7 Å². The summed E-state index contributed by atoms with van der Waals surface area (Å²) in [4.78, 5) is 0. The van der Waals surface area contributed by atoms with Crippen LogP contribution in [0.3, 0.4) is 0 Å². The minimum atomic E-state index is -0.408. The molecule has 1 heteroatoms. The summed E-state index contributed by atoms with van der Waals surface area (Å²) in [6.07, 6.45) is 0. The highest BCUT2D eigenvalue weighted by atomic mass is 16.3. The van der Waals surface area contributed by atoms with Crippen molar-refractivity contribution in [3.05, 3.63) is 182 Å². The van der Waals surface area contributed by atoms with Crippen molar-refractivity contribution >= 4 is 54.3 Å². The molecule has 0 saturated heterocycles. The Labute approximate surface area is 291 Å². The van der Waals surface area contributed by atoms with Crippen LogP contribution >= 0.6 is 0 Å². The van der Waals surface area contributed by atoms with Crippen molar-refractivity contribution in [2.24, 2.45) is 0 Å². The molecule has 0 aliphatic heterocycles. The third-order valence-electron chi connectivity index (χ3n) is 9.76. The summed E-state index contributed by atoms with van der Waals surface area (Å²) in [6.45, 7) is 0. The number of rotatable bonds is 4. The minimum Gasteiger partial charge on any atom is -0.456 e. The first-order valence-corrected chi connectivity index (χ1v) is 16.4. The van der Waals surface area contributed by atoms with Crippen molar-refractivity contribution in [3.8, 4) is 44.5 Å². The van der Waals surface area contributed by atoms with E-state index in [9.17, 15) is 0 Å². The molecule has 49 heavy (non-hydrogen) atoms. The third kappa shape index (κ3) is 4.40. The Balaban J connectivity index is 1.21. The molecule has 0 unspecified atom stereocenters. The van der Waals surface area contributed by atoms with Crippen LogP contribution in [0.25, 0.3) is 98.8 Å². The van der Waals surface area contributed by atoms with Gasteiger partial charge in [-0.15, -0.1) is 0 Å². The smallest absolute Gasteiger partial charge is 0.136 e. The van der Waals surface area contributed by atoms with Gasteiger partial charge in [0.25, 0.3) is 0 Å². The Morgan fingerprint density at radius 1 is 0.367 bits per heavy atom. The molecule has 0 N–H and O–H groups in total. The van der Waals surface area contributed by atoms with Gasteiger partial charge in [-0.25, -0.2) is 0 Å². The lowest BCUT2D eigenvalue weighted by Crippen LogP contribution is -1.91. The number of fused-ring (bicyclic) bond motifs is 6. The van der Waals surface area contributed by atoms with Gasteiger partial charge in [-0.1, -0.05) is 164 Å². The zero-order valence-electron chi connectivity index (χ0n) is 31.3. The van der Waals surface area contributed by atoms with Gasteiger partial charge >= 0.3 is 0 Å². The highest BCUT2D eigenvalue weighted by Crippen LogP contribution is 2.47. The molecule has 1 aromatic heterocycles. The zero-order chi connectivity index (χ0) is 36.7. The first-order valence-electron chi connectivity index (χ1n) is 18.9. The van der Waals surface area contributed by atoms with E-state index in [-0.39, 0.29) is 29.7 Å². The Kier molecular flexibility index (Phi) is 5.20. The highest BCUT2D eigenvalue weighted by molar-refractivity contribution is 6.25. The molecule has 228 valence electrons. The number of furan rings is 1. The average Bonchev–Trinajstić information content (AvgIpc) is 3.60. The number of hydrogen-bond acceptors (Lipinski definition) is 1. The van der Waals surface area contributed by atoms with Gasteiger partial charge in [-0.2, -0.15) is 0 Å². The van der Waals surface area contributed by atoms with E-state index in [1.165, 1.54) is 27.5 Å². The van der Waals surface area contributed by atoms with Crippen LogP contribution in [-0.4, -0.2) is 0 Å². The Morgan fingerprint density at radius 3 is 1.67 bits per heavy atom. The van der Waals surface area contributed by atoms with Crippen molar-refractivity contribution < 1.29 is 11.3 Å². The largest absolute Gasteiger partial charge is 0.456 e. The van der Waals surface area contributed by atoms with E-state index in [2.05, 4.69) is 121 Å². The molecule has 10 rings (SSSR count). The predicted octanol–water partition coefficient (Wildman–Crippen LogP) is 13.7. The molecule has 1 nitrogen and oxygen atoms in total. The van der Waals surface area contributed by atoms with E-state index in [0.717, 1.165) is 49.0 Å². The average molecular weight is 628 g/mol. The molecule has 0 fully saturated rings.